The highest BCUT2D eigenvalue weighted by molar-refractivity contribution is 7.95. The highest BCUT2D eigenvalue weighted by atomic mass is 32.2. The minimum atomic E-state index is -4.24. The molecule has 0 aromatic heterocycles. The molecule has 3 rings (SSSR count). The van der Waals surface area contributed by atoms with Crippen LogP contribution in [0.5, 0.6) is 23.0 Å². The fraction of sp³-hybridized carbons (Fsp3) is 0.160. The third kappa shape index (κ3) is 6.62. The quantitative estimate of drug-likeness (QED) is 0.224. The van der Waals surface area contributed by atoms with E-state index in [9.17, 15) is 38.5 Å². The number of carbonyl (C=O) groups is 1. The molecule has 0 saturated carbocycles. The lowest BCUT2D eigenvalue weighted by molar-refractivity contribution is -0.393. The van der Waals surface area contributed by atoms with Crippen LogP contribution in [0.15, 0.2) is 47.9 Å². The topological polar surface area (TPSA) is 207 Å². The van der Waals surface area contributed by atoms with Crippen LogP contribution in [0.2, 0.25) is 0 Å². The molecule has 0 unspecified atom stereocenters. The summed E-state index contributed by atoms with van der Waals surface area (Å²) in [4.78, 5) is 33.1. The number of nitrogens with zero attached hydrogens (tertiary/aromatic N) is 2. The maximum Gasteiger partial charge on any atom is 0.336 e. The number of nitro benzene ring substituents is 2. The molecule has 0 aliphatic rings. The van der Waals surface area contributed by atoms with Crippen LogP contribution in [-0.2, 0) is 10.0 Å². The Balaban J connectivity index is 2.13. The molecule has 216 valence electrons. The second kappa shape index (κ2) is 12.2. The Labute approximate surface area is 232 Å². The number of benzene rings is 3. The van der Waals surface area contributed by atoms with Gasteiger partial charge in [0.05, 0.1) is 66.5 Å². The Bertz CT molecular complexity index is 1610. The lowest BCUT2D eigenvalue weighted by Crippen LogP contribution is -2.10. The Hall–Kier alpha value is -5.38. The van der Waals surface area contributed by atoms with Gasteiger partial charge >= 0.3 is 5.97 Å². The molecule has 0 spiro atoms. The Morgan fingerprint density at radius 2 is 1.49 bits per heavy atom. The molecule has 0 fully saturated rings. The fourth-order valence-electron chi connectivity index (χ4n) is 3.83. The number of aromatic carboxylic acids is 1. The average molecular weight is 590 g/mol. The van der Waals surface area contributed by atoms with Gasteiger partial charge < -0.3 is 24.1 Å². The molecule has 0 amide bonds. The summed E-state index contributed by atoms with van der Waals surface area (Å²) in [6.07, 6.45) is 1.22. The molecule has 16 heteroatoms. The van der Waals surface area contributed by atoms with E-state index in [1.807, 2.05) is 0 Å². The van der Waals surface area contributed by atoms with E-state index in [0.29, 0.717) is 17.9 Å². The lowest BCUT2D eigenvalue weighted by atomic mass is 9.95. The van der Waals surface area contributed by atoms with Crippen LogP contribution in [0.3, 0.4) is 0 Å². The number of sulfonamides is 1. The number of non-ortho nitro benzene ring substituents is 1. The average Bonchev–Trinajstić information content (AvgIpc) is 2.94. The SMILES string of the molecule is COc1cc(OC)c(/C=C/S(=O)(=O)Nc2ccc(OC)c(-c3c(C(=O)O)cc([N+](=O)[O-])cc3[N+](=O)[O-])c2)c(OC)c1. The zero-order valence-corrected chi connectivity index (χ0v) is 22.8. The molecular formula is C25H23N3O12S. The minimum absolute atomic E-state index is 0.0596. The highest BCUT2D eigenvalue weighted by Gasteiger charge is 2.30. The molecule has 41 heavy (non-hydrogen) atoms. The van der Waals surface area contributed by atoms with E-state index in [1.165, 1.54) is 58.8 Å². The van der Waals surface area contributed by atoms with Gasteiger partial charge in [-0.25, -0.2) is 13.2 Å². The molecule has 0 aliphatic heterocycles. The first-order valence-electron chi connectivity index (χ1n) is 11.2. The second-order valence-corrected chi connectivity index (χ2v) is 9.58. The first kappa shape index (κ1) is 30.2. The summed E-state index contributed by atoms with van der Waals surface area (Å²) in [6, 6.07) is 7.96. The van der Waals surface area contributed by atoms with Crippen molar-refractivity contribution in [3.8, 4) is 34.1 Å². The monoisotopic (exact) mass is 589 g/mol. The number of carboxylic acid groups (broad SMARTS) is 1. The number of methoxy groups -OCH3 is 4. The molecule has 0 aliphatic carbocycles. The molecule has 15 nitrogen and oxygen atoms in total. The molecular weight excluding hydrogens is 566 g/mol. The van der Waals surface area contributed by atoms with Gasteiger partial charge in [0.25, 0.3) is 21.4 Å². The van der Waals surface area contributed by atoms with Crippen molar-refractivity contribution in [2.24, 2.45) is 0 Å². The van der Waals surface area contributed by atoms with Crippen molar-refractivity contribution in [3.63, 3.8) is 0 Å². The molecule has 3 aromatic carbocycles. The summed E-state index contributed by atoms with van der Waals surface area (Å²) in [5.41, 5.74) is -3.03. The van der Waals surface area contributed by atoms with Gasteiger partial charge in [-0.2, -0.15) is 0 Å². The van der Waals surface area contributed by atoms with Gasteiger partial charge in [0.1, 0.15) is 23.0 Å². The van der Waals surface area contributed by atoms with Crippen molar-refractivity contribution in [1.82, 2.24) is 0 Å². The van der Waals surface area contributed by atoms with Crippen molar-refractivity contribution in [2.75, 3.05) is 33.2 Å². The van der Waals surface area contributed by atoms with E-state index in [0.717, 1.165) is 11.5 Å². The zero-order valence-electron chi connectivity index (χ0n) is 21.9. The Kier molecular flexibility index (Phi) is 8.98. The predicted octanol–water partition coefficient (Wildman–Crippen LogP) is 4.32. The maximum atomic E-state index is 13.0. The highest BCUT2D eigenvalue weighted by Crippen LogP contribution is 2.42. The summed E-state index contributed by atoms with van der Waals surface area (Å²) in [5.74, 6) is -0.832. The maximum absolute atomic E-state index is 13.0. The van der Waals surface area contributed by atoms with Crippen molar-refractivity contribution >= 4 is 39.1 Å². The van der Waals surface area contributed by atoms with Crippen molar-refractivity contribution in [1.29, 1.82) is 0 Å². The van der Waals surface area contributed by atoms with Crippen LogP contribution in [0.1, 0.15) is 15.9 Å². The Morgan fingerprint density at radius 3 is 1.98 bits per heavy atom. The number of nitro groups is 2. The molecule has 0 radical (unpaired) electrons. The summed E-state index contributed by atoms with van der Waals surface area (Å²) >= 11 is 0. The number of nitrogens with one attached hydrogen (secondary N) is 1. The number of carboxylic acids is 1. The lowest BCUT2D eigenvalue weighted by Gasteiger charge is -2.14. The van der Waals surface area contributed by atoms with Crippen LogP contribution < -0.4 is 23.7 Å². The smallest absolute Gasteiger partial charge is 0.336 e. The predicted molar refractivity (Wildman–Crippen MR) is 146 cm³/mol. The van der Waals surface area contributed by atoms with Gasteiger partial charge in [-0.15, -0.1) is 0 Å². The first-order valence-corrected chi connectivity index (χ1v) is 12.8. The van der Waals surface area contributed by atoms with E-state index in [2.05, 4.69) is 4.72 Å². The van der Waals surface area contributed by atoms with E-state index >= 15 is 0 Å². The standard InChI is InChI=1S/C25H23N3O12S/c1-37-16-12-22(39-3)17(23(13-16)40-4)7-8-41(35,36)26-14-5-6-21(38-2)18(9-14)24-19(25(29)30)10-15(27(31)32)11-20(24)28(33)34/h5-13,26H,1-4H3,(H,29,30)/b8-7+. The third-order valence-corrected chi connectivity index (χ3v) is 6.65. The second-order valence-electron chi connectivity index (χ2n) is 8.02. The van der Waals surface area contributed by atoms with Gasteiger partial charge in [0.2, 0.25) is 0 Å². The van der Waals surface area contributed by atoms with Crippen molar-refractivity contribution in [3.05, 3.63) is 79.2 Å². The number of ether oxygens (including phenoxy) is 4. The zero-order chi connectivity index (χ0) is 30.5. The van der Waals surface area contributed by atoms with E-state index in [1.54, 1.807) is 0 Å². The number of rotatable bonds is 12. The summed E-state index contributed by atoms with van der Waals surface area (Å²) in [6.45, 7) is 0. The van der Waals surface area contributed by atoms with Gasteiger partial charge in [-0.05, 0) is 24.3 Å². The summed E-state index contributed by atoms with van der Waals surface area (Å²) in [5, 5.41) is 33.6. The van der Waals surface area contributed by atoms with Crippen LogP contribution in [-0.4, -0.2) is 57.8 Å². The molecule has 0 saturated heterocycles. The Morgan fingerprint density at radius 1 is 0.878 bits per heavy atom. The van der Waals surface area contributed by atoms with E-state index in [4.69, 9.17) is 18.9 Å². The molecule has 0 bridgehead atoms. The third-order valence-electron chi connectivity index (χ3n) is 5.64. The van der Waals surface area contributed by atoms with Crippen molar-refractivity contribution < 1.29 is 47.1 Å². The van der Waals surface area contributed by atoms with Crippen LogP contribution >= 0.6 is 0 Å². The fourth-order valence-corrected chi connectivity index (χ4v) is 4.67. The molecule has 0 atom stereocenters. The van der Waals surface area contributed by atoms with Crippen molar-refractivity contribution in [2.45, 2.75) is 0 Å². The van der Waals surface area contributed by atoms with E-state index in [-0.39, 0.29) is 34.1 Å². The normalized spacial score (nSPS) is 11.1. The number of hydrogen-bond donors (Lipinski definition) is 2. The molecule has 2 N–H and O–H groups in total. The largest absolute Gasteiger partial charge is 0.496 e. The van der Waals surface area contributed by atoms with Gasteiger partial charge in [-0.3, -0.25) is 25.0 Å². The number of anilines is 1. The first-order chi connectivity index (χ1) is 19.3. The number of hydrogen-bond acceptors (Lipinski definition) is 11. The van der Waals surface area contributed by atoms with Gasteiger partial charge in [0.15, 0.2) is 0 Å². The molecule has 3 aromatic rings. The summed E-state index contributed by atoms with van der Waals surface area (Å²) in [7, 11) is 1.15. The molecule has 0 heterocycles. The van der Waals surface area contributed by atoms with Crippen LogP contribution in [0.4, 0.5) is 17.1 Å². The minimum Gasteiger partial charge on any atom is -0.496 e. The van der Waals surface area contributed by atoms with Gasteiger partial charge in [-0.1, -0.05) is 0 Å². The van der Waals surface area contributed by atoms with Crippen LogP contribution in [0.25, 0.3) is 17.2 Å². The van der Waals surface area contributed by atoms with E-state index < -0.39 is 48.3 Å². The van der Waals surface area contributed by atoms with Gasteiger partial charge in [0, 0.05) is 29.4 Å². The van der Waals surface area contributed by atoms with Crippen LogP contribution in [0, 0.1) is 20.2 Å². The summed E-state index contributed by atoms with van der Waals surface area (Å²) < 4.78 is 49.2.